The number of rotatable bonds is 5. The van der Waals surface area contributed by atoms with E-state index < -0.39 is 0 Å². The highest BCUT2D eigenvalue weighted by Gasteiger charge is 2.02. The van der Waals surface area contributed by atoms with Crippen LogP contribution < -0.4 is 5.32 Å². The van der Waals surface area contributed by atoms with E-state index in [0.717, 1.165) is 12.0 Å². The normalized spacial score (nSPS) is 10.0. The Hall–Kier alpha value is -1.42. The fraction of sp³-hybridized carbons (Fsp3) is 0.455. The molecule has 0 atom stereocenters. The Labute approximate surface area is 89.7 Å². The molecule has 82 valence electrons. The van der Waals surface area contributed by atoms with E-state index in [9.17, 15) is 4.79 Å². The predicted molar refractivity (Wildman–Crippen MR) is 58.7 cm³/mol. The van der Waals surface area contributed by atoms with Crippen molar-refractivity contribution in [2.24, 2.45) is 0 Å². The lowest BCUT2D eigenvalue weighted by molar-refractivity contribution is -0.120. The number of pyridine rings is 1. The monoisotopic (exact) mass is 208 g/mol. The first-order chi connectivity index (χ1) is 7.22. The zero-order valence-electron chi connectivity index (χ0n) is 9.12. The number of aryl methyl sites for hydroxylation is 1. The molecule has 0 aliphatic heterocycles. The fourth-order valence-electron chi connectivity index (χ4n) is 1.13. The second-order valence-electron chi connectivity index (χ2n) is 3.35. The highest BCUT2D eigenvalue weighted by atomic mass is 16.5. The van der Waals surface area contributed by atoms with Gasteiger partial charge in [-0.1, -0.05) is 6.92 Å². The summed E-state index contributed by atoms with van der Waals surface area (Å²) in [6, 6.07) is 1.87. The predicted octanol–water partition coefficient (Wildman–Crippen LogP) is 1.76. The molecular weight excluding hydrogens is 192 g/mol. The summed E-state index contributed by atoms with van der Waals surface area (Å²) in [4.78, 5) is 15.3. The molecule has 0 fully saturated rings. The van der Waals surface area contributed by atoms with Crippen LogP contribution in [0.3, 0.4) is 0 Å². The number of ether oxygens (including phenoxy) is 1. The van der Waals surface area contributed by atoms with Crippen LogP contribution in [-0.2, 0) is 9.53 Å². The van der Waals surface area contributed by atoms with Gasteiger partial charge in [0.2, 0.25) is 5.91 Å². The summed E-state index contributed by atoms with van der Waals surface area (Å²) in [5, 5.41) is 2.72. The Balaban J connectivity index is 2.37. The number of anilines is 1. The summed E-state index contributed by atoms with van der Waals surface area (Å²) in [6.45, 7) is 4.64. The first kappa shape index (κ1) is 11.7. The number of nitrogens with one attached hydrogen (secondary N) is 1. The van der Waals surface area contributed by atoms with E-state index in [1.54, 1.807) is 12.4 Å². The third-order valence-electron chi connectivity index (χ3n) is 1.74. The molecule has 0 aromatic carbocycles. The average Bonchev–Trinajstić information content (AvgIpc) is 2.18. The maximum atomic E-state index is 11.3. The van der Waals surface area contributed by atoms with Crippen LogP contribution in [0, 0.1) is 6.92 Å². The number of hydrogen-bond donors (Lipinski definition) is 1. The molecule has 0 aliphatic rings. The van der Waals surface area contributed by atoms with Crippen LogP contribution in [0.25, 0.3) is 0 Å². The van der Waals surface area contributed by atoms with Crippen LogP contribution in [0.5, 0.6) is 0 Å². The molecule has 1 aromatic rings. The lowest BCUT2D eigenvalue weighted by Crippen LogP contribution is -2.18. The summed E-state index contributed by atoms with van der Waals surface area (Å²) in [6.07, 6.45) is 4.27. The Morgan fingerprint density at radius 3 is 3.00 bits per heavy atom. The molecule has 0 radical (unpaired) electrons. The van der Waals surface area contributed by atoms with Gasteiger partial charge in [-0.25, -0.2) is 0 Å². The van der Waals surface area contributed by atoms with Gasteiger partial charge in [0, 0.05) is 12.8 Å². The van der Waals surface area contributed by atoms with Gasteiger partial charge in [0.15, 0.2) is 0 Å². The van der Waals surface area contributed by atoms with Crippen LogP contribution in [0.15, 0.2) is 18.5 Å². The molecule has 1 N–H and O–H groups in total. The van der Waals surface area contributed by atoms with Crippen molar-refractivity contribution in [3.05, 3.63) is 24.0 Å². The van der Waals surface area contributed by atoms with Crippen LogP contribution in [0.4, 0.5) is 5.69 Å². The minimum Gasteiger partial charge on any atom is -0.372 e. The van der Waals surface area contributed by atoms with Crippen molar-refractivity contribution in [2.45, 2.75) is 20.3 Å². The van der Waals surface area contributed by atoms with Gasteiger partial charge in [-0.05, 0) is 25.0 Å². The minimum absolute atomic E-state index is 0.0990. The van der Waals surface area contributed by atoms with Crippen molar-refractivity contribution in [3.8, 4) is 0 Å². The molecule has 0 aliphatic carbocycles. The zero-order chi connectivity index (χ0) is 11.1. The van der Waals surface area contributed by atoms with Gasteiger partial charge in [-0.3, -0.25) is 9.78 Å². The van der Waals surface area contributed by atoms with Crippen molar-refractivity contribution in [3.63, 3.8) is 0 Å². The lowest BCUT2D eigenvalue weighted by atomic mass is 10.3. The molecule has 1 heterocycles. The lowest BCUT2D eigenvalue weighted by Gasteiger charge is -2.05. The molecule has 0 spiro atoms. The van der Waals surface area contributed by atoms with E-state index in [-0.39, 0.29) is 12.5 Å². The second-order valence-corrected chi connectivity index (χ2v) is 3.35. The van der Waals surface area contributed by atoms with Crippen LogP contribution in [0.1, 0.15) is 18.9 Å². The Morgan fingerprint density at radius 1 is 1.53 bits per heavy atom. The summed E-state index contributed by atoms with van der Waals surface area (Å²) in [5.41, 5.74) is 1.72. The van der Waals surface area contributed by atoms with Gasteiger partial charge in [0.25, 0.3) is 0 Å². The summed E-state index contributed by atoms with van der Waals surface area (Å²) < 4.78 is 5.11. The first-order valence-corrected chi connectivity index (χ1v) is 5.01. The zero-order valence-corrected chi connectivity index (χ0v) is 9.12. The van der Waals surface area contributed by atoms with Crippen molar-refractivity contribution < 1.29 is 9.53 Å². The maximum absolute atomic E-state index is 11.3. The van der Waals surface area contributed by atoms with Crippen molar-refractivity contribution in [2.75, 3.05) is 18.5 Å². The standard InChI is InChI=1S/C11H16N2O2/c1-3-4-15-8-11(14)13-10-5-9(2)6-12-7-10/h5-7H,3-4,8H2,1-2H3,(H,13,14). The van der Waals surface area contributed by atoms with Crippen molar-refractivity contribution in [1.82, 2.24) is 4.98 Å². The second kappa shape index (κ2) is 6.14. The Kier molecular flexibility index (Phi) is 4.77. The number of aromatic nitrogens is 1. The molecule has 4 heteroatoms. The van der Waals surface area contributed by atoms with Gasteiger partial charge in [0.05, 0.1) is 11.9 Å². The number of hydrogen-bond acceptors (Lipinski definition) is 3. The third-order valence-corrected chi connectivity index (χ3v) is 1.74. The third kappa shape index (κ3) is 4.56. The SMILES string of the molecule is CCCOCC(=O)Nc1cncc(C)c1. The average molecular weight is 208 g/mol. The van der Waals surface area contributed by atoms with E-state index >= 15 is 0 Å². The van der Waals surface area contributed by atoms with Gasteiger partial charge >= 0.3 is 0 Å². The van der Waals surface area contributed by atoms with E-state index in [1.807, 2.05) is 19.9 Å². The topological polar surface area (TPSA) is 51.2 Å². The van der Waals surface area contributed by atoms with Crippen LogP contribution in [0.2, 0.25) is 0 Å². The van der Waals surface area contributed by atoms with E-state index in [2.05, 4.69) is 10.3 Å². The van der Waals surface area contributed by atoms with Crippen LogP contribution >= 0.6 is 0 Å². The van der Waals surface area contributed by atoms with Gasteiger partial charge in [-0.15, -0.1) is 0 Å². The number of nitrogens with zero attached hydrogens (tertiary/aromatic N) is 1. The number of amides is 1. The largest absolute Gasteiger partial charge is 0.372 e. The van der Waals surface area contributed by atoms with E-state index in [1.165, 1.54) is 0 Å². The highest BCUT2D eigenvalue weighted by Crippen LogP contribution is 2.06. The first-order valence-electron chi connectivity index (χ1n) is 5.01. The van der Waals surface area contributed by atoms with Crippen molar-refractivity contribution in [1.29, 1.82) is 0 Å². The van der Waals surface area contributed by atoms with Crippen LogP contribution in [-0.4, -0.2) is 24.1 Å². The Bertz CT molecular complexity index is 326. The molecule has 1 aromatic heterocycles. The van der Waals surface area contributed by atoms with Gasteiger partial charge < -0.3 is 10.1 Å². The molecule has 0 saturated carbocycles. The molecule has 1 amide bonds. The molecule has 0 unspecified atom stereocenters. The number of carbonyl (C=O) groups excluding carboxylic acids is 1. The molecular formula is C11H16N2O2. The molecule has 4 nitrogen and oxygen atoms in total. The van der Waals surface area contributed by atoms with E-state index in [0.29, 0.717) is 12.3 Å². The summed E-state index contributed by atoms with van der Waals surface area (Å²) in [5.74, 6) is -0.143. The van der Waals surface area contributed by atoms with Gasteiger partial charge in [0.1, 0.15) is 6.61 Å². The highest BCUT2D eigenvalue weighted by molar-refractivity contribution is 5.91. The van der Waals surface area contributed by atoms with E-state index in [4.69, 9.17) is 4.74 Å². The summed E-state index contributed by atoms with van der Waals surface area (Å²) >= 11 is 0. The van der Waals surface area contributed by atoms with Crippen molar-refractivity contribution >= 4 is 11.6 Å². The molecule has 15 heavy (non-hydrogen) atoms. The molecule has 0 saturated heterocycles. The maximum Gasteiger partial charge on any atom is 0.250 e. The summed E-state index contributed by atoms with van der Waals surface area (Å²) in [7, 11) is 0. The van der Waals surface area contributed by atoms with Gasteiger partial charge in [-0.2, -0.15) is 0 Å². The smallest absolute Gasteiger partial charge is 0.250 e. The number of carbonyl (C=O) groups is 1. The Morgan fingerprint density at radius 2 is 2.33 bits per heavy atom. The molecule has 1 rings (SSSR count). The molecule has 0 bridgehead atoms. The fourth-order valence-corrected chi connectivity index (χ4v) is 1.13. The quantitative estimate of drug-likeness (QED) is 0.750. The minimum atomic E-state index is -0.143.